The fraction of sp³-hybridized carbons (Fsp3) is 0.308. The summed E-state index contributed by atoms with van der Waals surface area (Å²) in [6.45, 7) is 1.95. The summed E-state index contributed by atoms with van der Waals surface area (Å²) in [7, 11) is 0. The Morgan fingerprint density at radius 3 is 3.06 bits per heavy atom. The molecule has 2 aromatic rings. The molecule has 0 saturated heterocycles. The van der Waals surface area contributed by atoms with E-state index in [1.165, 1.54) is 4.90 Å². The first-order chi connectivity index (χ1) is 8.74. The molecule has 0 fully saturated rings. The van der Waals surface area contributed by atoms with Gasteiger partial charge in [0.15, 0.2) is 6.10 Å². The van der Waals surface area contributed by atoms with Gasteiger partial charge in [-0.05, 0) is 19.1 Å². The van der Waals surface area contributed by atoms with Crippen LogP contribution in [0.3, 0.4) is 0 Å². The summed E-state index contributed by atoms with van der Waals surface area (Å²) in [5.74, 6) is 1.86. The summed E-state index contributed by atoms with van der Waals surface area (Å²) in [5, 5.41) is 3.04. The Balaban J connectivity index is 1.83. The predicted molar refractivity (Wildman–Crippen MR) is 75.3 cm³/mol. The van der Waals surface area contributed by atoms with Gasteiger partial charge >= 0.3 is 0 Å². The summed E-state index contributed by atoms with van der Waals surface area (Å²) < 4.78 is 6.00. The second-order valence-corrected chi connectivity index (χ2v) is 6.22. The van der Waals surface area contributed by atoms with Crippen LogP contribution in [0.1, 0.15) is 29.8 Å². The molecule has 0 bridgehead atoms. The van der Waals surface area contributed by atoms with Gasteiger partial charge < -0.3 is 10.5 Å². The molecule has 1 aromatic heterocycles. The van der Waals surface area contributed by atoms with Crippen LogP contribution < -0.4 is 10.5 Å². The van der Waals surface area contributed by atoms with Gasteiger partial charge in [0.05, 0.1) is 5.69 Å². The molecule has 3 nitrogen and oxygen atoms in total. The van der Waals surface area contributed by atoms with E-state index in [0.717, 1.165) is 22.2 Å². The first-order valence-electron chi connectivity index (χ1n) is 5.83. The van der Waals surface area contributed by atoms with E-state index in [0.29, 0.717) is 0 Å². The van der Waals surface area contributed by atoms with Gasteiger partial charge in [0, 0.05) is 22.1 Å². The highest BCUT2D eigenvalue weighted by Gasteiger charge is 2.24. The van der Waals surface area contributed by atoms with Gasteiger partial charge in [0.2, 0.25) is 0 Å². The predicted octanol–water partition coefficient (Wildman–Crippen LogP) is 3.39. The number of thiazole rings is 1. The van der Waals surface area contributed by atoms with Gasteiger partial charge in [-0.25, -0.2) is 4.98 Å². The molecule has 1 aliphatic heterocycles. The Morgan fingerprint density at radius 2 is 2.28 bits per heavy atom. The lowest BCUT2D eigenvalue weighted by Gasteiger charge is -2.23. The van der Waals surface area contributed by atoms with Crippen molar-refractivity contribution < 1.29 is 4.74 Å². The number of aromatic nitrogens is 1. The Kier molecular flexibility index (Phi) is 3.28. The molecule has 1 aliphatic rings. The topological polar surface area (TPSA) is 48.1 Å². The Morgan fingerprint density at radius 1 is 1.44 bits per heavy atom. The summed E-state index contributed by atoms with van der Waals surface area (Å²) in [6.07, 6.45) is 0.0439. The molecule has 18 heavy (non-hydrogen) atoms. The minimum Gasteiger partial charge on any atom is -0.481 e. The van der Waals surface area contributed by atoms with Crippen LogP contribution in [-0.2, 0) is 0 Å². The summed E-state index contributed by atoms with van der Waals surface area (Å²) >= 11 is 3.45. The van der Waals surface area contributed by atoms with Gasteiger partial charge in [-0.1, -0.05) is 12.1 Å². The first kappa shape index (κ1) is 12.0. The van der Waals surface area contributed by atoms with Crippen molar-refractivity contribution in [2.45, 2.75) is 24.0 Å². The van der Waals surface area contributed by atoms with E-state index in [1.807, 2.05) is 42.3 Å². The maximum atomic E-state index is 6.00. The van der Waals surface area contributed by atoms with E-state index in [9.17, 15) is 0 Å². The minimum atomic E-state index is -0.0153. The van der Waals surface area contributed by atoms with E-state index in [2.05, 4.69) is 11.1 Å². The van der Waals surface area contributed by atoms with Crippen molar-refractivity contribution in [1.29, 1.82) is 0 Å². The fourth-order valence-corrected chi connectivity index (χ4v) is 3.84. The van der Waals surface area contributed by atoms with Crippen molar-refractivity contribution in [3.8, 4) is 5.75 Å². The molecule has 5 heteroatoms. The molecule has 1 aromatic carbocycles. The van der Waals surface area contributed by atoms with Crippen molar-refractivity contribution in [3.63, 3.8) is 0 Å². The van der Waals surface area contributed by atoms with Crippen LogP contribution in [0.25, 0.3) is 0 Å². The molecular weight excluding hydrogens is 264 g/mol. The summed E-state index contributed by atoms with van der Waals surface area (Å²) in [5.41, 5.74) is 6.78. The molecule has 0 radical (unpaired) electrons. The molecule has 3 rings (SSSR count). The Hall–Kier alpha value is -1.04. The van der Waals surface area contributed by atoms with Crippen LogP contribution in [0.4, 0.5) is 0 Å². The average Bonchev–Trinajstić information content (AvgIpc) is 2.88. The fourth-order valence-electron chi connectivity index (χ4n) is 1.80. The van der Waals surface area contributed by atoms with E-state index in [4.69, 9.17) is 10.5 Å². The second kappa shape index (κ2) is 4.91. The largest absolute Gasteiger partial charge is 0.481 e. The average molecular weight is 278 g/mol. The van der Waals surface area contributed by atoms with Crippen LogP contribution in [0.2, 0.25) is 0 Å². The zero-order valence-electron chi connectivity index (χ0n) is 10.00. The van der Waals surface area contributed by atoms with Crippen LogP contribution >= 0.6 is 23.1 Å². The molecule has 2 atom stereocenters. The quantitative estimate of drug-likeness (QED) is 0.914. The molecule has 2 heterocycles. The van der Waals surface area contributed by atoms with Crippen LogP contribution in [0, 0.1) is 0 Å². The Bertz CT molecular complexity index is 553. The highest BCUT2D eigenvalue weighted by molar-refractivity contribution is 7.99. The maximum absolute atomic E-state index is 6.00. The molecule has 0 saturated carbocycles. The highest BCUT2D eigenvalue weighted by Crippen LogP contribution is 2.40. The SMILES string of the molecule is CC(N)c1csc(C2CSc3ccccc3O2)n1. The molecule has 0 spiro atoms. The number of hydrogen-bond acceptors (Lipinski definition) is 5. The number of nitrogens with two attached hydrogens (primary N) is 1. The lowest BCUT2D eigenvalue weighted by molar-refractivity contribution is 0.219. The lowest BCUT2D eigenvalue weighted by Crippen LogP contribution is -2.15. The number of fused-ring (bicyclic) bond motifs is 1. The number of nitrogens with zero attached hydrogens (tertiary/aromatic N) is 1. The molecule has 0 aliphatic carbocycles. The van der Waals surface area contributed by atoms with E-state index < -0.39 is 0 Å². The number of rotatable bonds is 2. The van der Waals surface area contributed by atoms with Gasteiger partial charge in [-0.15, -0.1) is 23.1 Å². The number of ether oxygens (including phenoxy) is 1. The van der Waals surface area contributed by atoms with Crippen molar-refractivity contribution in [3.05, 3.63) is 40.3 Å². The van der Waals surface area contributed by atoms with Gasteiger partial charge in [-0.2, -0.15) is 0 Å². The maximum Gasteiger partial charge on any atom is 0.159 e. The van der Waals surface area contributed by atoms with Crippen LogP contribution in [-0.4, -0.2) is 10.7 Å². The van der Waals surface area contributed by atoms with Crippen molar-refractivity contribution in [2.75, 3.05) is 5.75 Å². The standard InChI is InChI=1S/C13H14N2OS2/c1-8(14)9-6-18-13(15-9)11-7-17-12-5-3-2-4-10(12)16-11/h2-6,8,11H,7,14H2,1H3. The summed E-state index contributed by atoms with van der Waals surface area (Å²) in [4.78, 5) is 5.77. The van der Waals surface area contributed by atoms with E-state index in [-0.39, 0.29) is 12.1 Å². The molecule has 0 amide bonds. The number of para-hydroxylation sites is 1. The third-order valence-corrected chi connectivity index (χ3v) is 4.86. The normalized spacial score (nSPS) is 20.0. The smallest absolute Gasteiger partial charge is 0.159 e. The summed E-state index contributed by atoms with van der Waals surface area (Å²) in [6, 6.07) is 8.11. The third kappa shape index (κ3) is 2.25. The molecular formula is C13H14N2OS2. The zero-order chi connectivity index (χ0) is 12.5. The molecule has 2 unspecified atom stereocenters. The minimum absolute atomic E-state index is 0.0153. The second-order valence-electron chi connectivity index (χ2n) is 4.26. The van der Waals surface area contributed by atoms with Crippen molar-refractivity contribution in [2.24, 2.45) is 5.73 Å². The van der Waals surface area contributed by atoms with Gasteiger partial charge in [-0.3, -0.25) is 0 Å². The first-order valence-corrected chi connectivity index (χ1v) is 7.70. The number of hydrogen-bond donors (Lipinski definition) is 1. The number of thioether (sulfide) groups is 1. The molecule has 2 N–H and O–H groups in total. The van der Waals surface area contributed by atoms with Crippen LogP contribution in [0.5, 0.6) is 5.75 Å². The van der Waals surface area contributed by atoms with Gasteiger partial charge in [0.25, 0.3) is 0 Å². The van der Waals surface area contributed by atoms with Gasteiger partial charge in [0.1, 0.15) is 10.8 Å². The van der Waals surface area contributed by atoms with E-state index >= 15 is 0 Å². The third-order valence-electron chi connectivity index (χ3n) is 2.79. The Labute approximate surface area is 114 Å². The lowest BCUT2D eigenvalue weighted by atomic mass is 10.3. The van der Waals surface area contributed by atoms with Crippen molar-refractivity contribution in [1.82, 2.24) is 4.98 Å². The zero-order valence-corrected chi connectivity index (χ0v) is 11.6. The highest BCUT2D eigenvalue weighted by atomic mass is 32.2. The van der Waals surface area contributed by atoms with Crippen molar-refractivity contribution >= 4 is 23.1 Å². The molecule has 94 valence electrons. The monoisotopic (exact) mass is 278 g/mol. The van der Waals surface area contributed by atoms with E-state index in [1.54, 1.807) is 11.3 Å². The number of benzene rings is 1. The van der Waals surface area contributed by atoms with Crippen LogP contribution in [0.15, 0.2) is 34.5 Å².